The second-order valence-corrected chi connectivity index (χ2v) is 10.2. The van der Waals surface area contributed by atoms with Crippen molar-refractivity contribution in [1.29, 1.82) is 0 Å². The third-order valence-electron chi connectivity index (χ3n) is 7.65. The molecule has 0 aromatic heterocycles. The fourth-order valence-electron chi connectivity index (χ4n) is 5.38. The molecule has 0 aliphatic carbocycles. The van der Waals surface area contributed by atoms with Crippen LogP contribution in [-0.2, 0) is 9.59 Å². The maximum atomic E-state index is 13.1. The van der Waals surface area contributed by atoms with Gasteiger partial charge in [-0.3, -0.25) is 34.3 Å². The average Bonchev–Trinajstić information content (AvgIpc) is 3.20. The van der Waals surface area contributed by atoms with Crippen molar-refractivity contribution in [2.24, 2.45) is 0 Å². The third kappa shape index (κ3) is 5.84. The standard InChI is InChI=1S/C29H32N4O7/c34-25-11-10-24(26(35)30-25)33-27(36)22-9-6-20(18-23(22)28(33)37)32-15-13-31(14-16-32)12-2-1-3-17-40-21-7-4-19(5-8-21)29(38)39/h4-9,18,24H,1-3,10-17H2,(H,38,39)(H,30,34,35). The Morgan fingerprint density at radius 1 is 0.900 bits per heavy atom. The Labute approximate surface area is 231 Å². The molecule has 40 heavy (non-hydrogen) atoms. The molecule has 0 radical (unpaired) electrons. The van der Waals surface area contributed by atoms with Gasteiger partial charge in [-0.05, 0) is 74.7 Å². The van der Waals surface area contributed by atoms with Crippen molar-refractivity contribution < 1.29 is 33.8 Å². The Morgan fingerprint density at radius 2 is 1.62 bits per heavy atom. The molecule has 210 valence electrons. The van der Waals surface area contributed by atoms with Crippen LogP contribution in [0.4, 0.5) is 5.69 Å². The van der Waals surface area contributed by atoms with Crippen molar-refractivity contribution in [3.63, 3.8) is 0 Å². The van der Waals surface area contributed by atoms with Gasteiger partial charge in [-0.15, -0.1) is 0 Å². The van der Waals surface area contributed by atoms with Crippen LogP contribution in [-0.4, -0.2) is 89.9 Å². The number of benzene rings is 2. The highest BCUT2D eigenvalue weighted by Gasteiger charge is 2.44. The normalized spacial score (nSPS) is 19.6. The number of rotatable bonds is 10. The van der Waals surface area contributed by atoms with Gasteiger partial charge < -0.3 is 14.7 Å². The molecule has 2 N–H and O–H groups in total. The number of carboxylic acids is 1. The minimum absolute atomic E-state index is 0.0949. The highest BCUT2D eigenvalue weighted by Crippen LogP contribution is 2.31. The zero-order valence-corrected chi connectivity index (χ0v) is 22.1. The van der Waals surface area contributed by atoms with E-state index in [4.69, 9.17) is 9.84 Å². The summed E-state index contributed by atoms with van der Waals surface area (Å²) in [6, 6.07) is 10.7. The van der Waals surface area contributed by atoms with Crippen molar-refractivity contribution in [2.45, 2.75) is 38.1 Å². The predicted molar refractivity (Wildman–Crippen MR) is 145 cm³/mol. The summed E-state index contributed by atoms with van der Waals surface area (Å²) in [6.45, 7) is 4.94. The van der Waals surface area contributed by atoms with Crippen molar-refractivity contribution in [2.75, 3.05) is 44.2 Å². The second-order valence-electron chi connectivity index (χ2n) is 10.2. The van der Waals surface area contributed by atoms with E-state index < -0.39 is 35.6 Å². The second kappa shape index (κ2) is 11.9. The van der Waals surface area contributed by atoms with Gasteiger partial charge in [0.05, 0.1) is 23.3 Å². The number of ether oxygens (including phenoxy) is 1. The van der Waals surface area contributed by atoms with Crippen LogP contribution in [0.1, 0.15) is 63.2 Å². The number of aromatic carboxylic acids is 1. The third-order valence-corrected chi connectivity index (χ3v) is 7.65. The number of carbonyl (C=O) groups excluding carboxylic acids is 4. The van der Waals surface area contributed by atoms with Crippen molar-refractivity contribution >= 4 is 35.3 Å². The number of hydrogen-bond acceptors (Lipinski definition) is 8. The molecule has 3 heterocycles. The number of carbonyl (C=O) groups is 5. The number of piperazine rings is 1. The van der Waals surface area contributed by atoms with Crippen molar-refractivity contribution in [3.05, 3.63) is 59.2 Å². The summed E-state index contributed by atoms with van der Waals surface area (Å²) >= 11 is 0. The van der Waals surface area contributed by atoms with Gasteiger partial charge in [-0.25, -0.2) is 4.79 Å². The topological polar surface area (TPSA) is 137 Å². The molecule has 2 aromatic rings. The van der Waals surface area contributed by atoms with Gasteiger partial charge in [0.15, 0.2) is 0 Å². The summed E-state index contributed by atoms with van der Waals surface area (Å²) in [5.41, 5.74) is 1.70. The van der Waals surface area contributed by atoms with E-state index in [-0.39, 0.29) is 18.4 Å². The Kier molecular flexibility index (Phi) is 8.11. The molecule has 0 bridgehead atoms. The lowest BCUT2D eigenvalue weighted by atomic mass is 10.0. The Bertz CT molecular complexity index is 1320. The molecule has 0 saturated carbocycles. The van der Waals surface area contributed by atoms with Gasteiger partial charge in [-0.2, -0.15) is 0 Å². The molecule has 1 unspecified atom stereocenters. The van der Waals surface area contributed by atoms with E-state index in [0.29, 0.717) is 23.5 Å². The summed E-state index contributed by atoms with van der Waals surface area (Å²) < 4.78 is 5.70. The van der Waals surface area contributed by atoms with E-state index in [2.05, 4.69) is 15.1 Å². The Hall–Kier alpha value is -4.25. The minimum atomic E-state index is -0.964. The summed E-state index contributed by atoms with van der Waals surface area (Å²) in [6.07, 6.45) is 3.22. The number of nitrogens with zero attached hydrogens (tertiary/aromatic N) is 3. The average molecular weight is 549 g/mol. The van der Waals surface area contributed by atoms with Gasteiger partial charge in [-0.1, -0.05) is 0 Å². The quantitative estimate of drug-likeness (QED) is 0.338. The van der Waals surface area contributed by atoms with Gasteiger partial charge in [0.1, 0.15) is 11.8 Å². The van der Waals surface area contributed by atoms with E-state index in [9.17, 15) is 24.0 Å². The highest BCUT2D eigenvalue weighted by atomic mass is 16.5. The summed E-state index contributed by atoms with van der Waals surface area (Å²) in [5.74, 6) is -2.27. The van der Waals surface area contributed by atoms with Crippen LogP contribution < -0.4 is 15.0 Å². The molecule has 11 heteroatoms. The maximum absolute atomic E-state index is 13.1. The van der Waals surface area contributed by atoms with Crippen LogP contribution >= 0.6 is 0 Å². The SMILES string of the molecule is O=C1CCC(N2C(=O)c3ccc(N4CCN(CCCCCOc5ccc(C(=O)O)cc5)CC4)cc3C2=O)C(=O)N1. The smallest absolute Gasteiger partial charge is 0.335 e. The van der Waals surface area contributed by atoms with E-state index >= 15 is 0 Å². The number of piperidine rings is 1. The van der Waals surface area contributed by atoms with E-state index in [0.717, 1.165) is 62.6 Å². The van der Waals surface area contributed by atoms with Crippen molar-refractivity contribution in [1.82, 2.24) is 15.1 Å². The molecule has 3 aliphatic rings. The molecule has 2 fully saturated rings. The molecule has 11 nitrogen and oxygen atoms in total. The van der Waals surface area contributed by atoms with Gasteiger partial charge in [0.2, 0.25) is 11.8 Å². The number of fused-ring (bicyclic) bond motifs is 1. The molecule has 0 spiro atoms. The van der Waals surface area contributed by atoms with E-state index in [1.807, 2.05) is 6.07 Å². The number of carboxylic acid groups (broad SMARTS) is 1. The molecular formula is C29H32N4O7. The Balaban J connectivity index is 1.05. The van der Waals surface area contributed by atoms with Gasteiger partial charge in [0.25, 0.3) is 11.8 Å². The maximum Gasteiger partial charge on any atom is 0.335 e. The van der Waals surface area contributed by atoms with Crippen LogP contribution in [0.3, 0.4) is 0 Å². The molecule has 2 saturated heterocycles. The van der Waals surface area contributed by atoms with Crippen LogP contribution in [0, 0.1) is 0 Å². The van der Waals surface area contributed by atoms with Crippen molar-refractivity contribution in [3.8, 4) is 5.75 Å². The molecule has 1 atom stereocenters. The molecule has 3 aliphatic heterocycles. The van der Waals surface area contributed by atoms with Crippen LogP contribution in [0.2, 0.25) is 0 Å². The highest BCUT2D eigenvalue weighted by molar-refractivity contribution is 6.23. The fourth-order valence-corrected chi connectivity index (χ4v) is 5.38. The van der Waals surface area contributed by atoms with E-state index in [1.165, 1.54) is 12.1 Å². The lowest BCUT2D eigenvalue weighted by Crippen LogP contribution is -2.54. The largest absolute Gasteiger partial charge is 0.494 e. The van der Waals surface area contributed by atoms with Gasteiger partial charge in [0, 0.05) is 38.3 Å². The number of nitrogens with one attached hydrogen (secondary N) is 1. The first-order chi connectivity index (χ1) is 19.3. The minimum Gasteiger partial charge on any atom is -0.494 e. The Morgan fingerprint density at radius 3 is 2.33 bits per heavy atom. The monoisotopic (exact) mass is 548 g/mol. The number of hydrogen-bond donors (Lipinski definition) is 2. The van der Waals surface area contributed by atoms with Crippen LogP contribution in [0.25, 0.3) is 0 Å². The predicted octanol–water partition coefficient (Wildman–Crippen LogP) is 2.16. The first kappa shape index (κ1) is 27.3. The first-order valence-electron chi connectivity index (χ1n) is 13.6. The lowest BCUT2D eigenvalue weighted by molar-refractivity contribution is -0.136. The summed E-state index contributed by atoms with van der Waals surface area (Å²) in [5, 5.41) is 11.2. The fraction of sp³-hybridized carbons (Fsp3) is 0.414. The first-order valence-corrected chi connectivity index (χ1v) is 13.6. The van der Waals surface area contributed by atoms with E-state index in [1.54, 1.807) is 24.3 Å². The lowest BCUT2D eigenvalue weighted by Gasteiger charge is -2.36. The number of amides is 4. The van der Waals surface area contributed by atoms with Crippen LogP contribution in [0.15, 0.2) is 42.5 Å². The molecule has 4 amide bonds. The summed E-state index contributed by atoms with van der Waals surface area (Å²) in [7, 11) is 0. The molecular weight excluding hydrogens is 516 g/mol. The zero-order chi connectivity index (χ0) is 28.2. The molecule has 2 aromatic carbocycles. The number of anilines is 1. The number of unbranched alkanes of at least 4 members (excludes halogenated alkanes) is 2. The zero-order valence-electron chi connectivity index (χ0n) is 22.1. The van der Waals surface area contributed by atoms with Crippen LogP contribution in [0.5, 0.6) is 5.75 Å². The van der Waals surface area contributed by atoms with Gasteiger partial charge >= 0.3 is 5.97 Å². The summed E-state index contributed by atoms with van der Waals surface area (Å²) in [4.78, 5) is 66.3. The number of imide groups is 2. The molecule has 5 rings (SSSR count).